The van der Waals surface area contributed by atoms with Crippen molar-refractivity contribution in [3.63, 3.8) is 0 Å². The number of nitrogens with two attached hydrogens (primary N) is 1. The van der Waals surface area contributed by atoms with Gasteiger partial charge in [0.1, 0.15) is 5.75 Å². The van der Waals surface area contributed by atoms with E-state index in [1.807, 2.05) is 19.0 Å². The highest BCUT2D eigenvalue weighted by Crippen LogP contribution is 2.19. The van der Waals surface area contributed by atoms with Crippen LogP contribution in [-0.2, 0) is 0 Å². The van der Waals surface area contributed by atoms with Crippen LogP contribution < -0.4 is 10.5 Å². The van der Waals surface area contributed by atoms with Gasteiger partial charge in [0.05, 0.1) is 7.11 Å². The second-order valence-corrected chi connectivity index (χ2v) is 5.09. The molecule has 0 radical (unpaired) electrons. The third-order valence-corrected chi connectivity index (χ3v) is 3.01. The fraction of sp³-hybridized carbons (Fsp3) is 0.533. The Kier molecular flexibility index (Phi) is 6.31. The van der Waals surface area contributed by atoms with Gasteiger partial charge in [-0.2, -0.15) is 0 Å². The number of carbonyl (C=O) groups excluding carboxylic acids is 1. The van der Waals surface area contributed by atoms with E-state index in [2.05, 4.69) is 11.8 Å². The molecule has 0 saturated carbocycles. The number of rotatable bonds is 7. The van der Waals surface area contributed by atoms with Crippen LogP contribution in [-0.4, -0.2) is 56.5 Å². The molecule has 0 saturated heterocycles. The number of amides is 1. The van der Waals surface area contributed by atoms with E-state index in [0.29, 0.717) is 23.5 Å². The molecule has 2 N–H and O–H groups in total. The predicted octanol–water partition coefficient (Wildman–Crippen LogP) is 1.69. The lowest BCUT2D eigenvalue weighted by Gasteiger charge is -2.24. The predicted molar refractivity (Wildman–Crippen MR) is 82.2 cm³/mol. The molecular weight excluding hydrogens is 254 g/mol. The highest BCUT2D eigenvalue weighted by Gasteiger charge is 2.16. The van der Waals surface area contributed by atoms with Gasteiger partial charge in [-0.05, 0) is 32.6 Å². The maximum atomic E-state index is 12.6. The van der Waals surface area contributed by atoms with Crippen LogP contribution in [0.1, 0.15) is 23.7 Å². The minimum atomic E-state index is -0.000648. The Morgan fingerprint density at radius 3 is 2.45 bits per heavy atom. The molecule has 0 aliphatic rings. The lowest BCUT2D eigenvalue weighted by atomic mass is 10.1. The van der Waals surface area contributed by atoms with Crippen LogP contribution >= 0.6 is 0 Å². The summed E-state index contributed by atoms with van der Waals surface area (Å²) in [7, 11) is 5.56. The van der Waals surface area contributed by atoms with Crippen molar-refractivity contribution < 1.29 is 9.53 Å². The highest BCUT2D eigenvalue weighted by atomic mass is 16.5. The first-order chi connectivity index (χ1) is 9.47. The van der Waals surface area contributed by atoms with Crippen molar-refractivity contribution in [2.45, 2.75) is 13.3 Å². The van der Waals surface area contributed by atoms with Crippen LogP contribution in [0.4, 0.5) is 5.69 Å². The monoisotopic (exact) mass is 279 g/mol. The van der Waals surface area contributed by atoms with E-state index >= 15 is 0 Å². The summed E-state index contributed by atoms with van der Waals surface area (Å²) in [5, 5.41) is 0. The van der Waals surface area contributed by atoms with Crippen LogP contribution in [0.3, 0.4) is 0 Å². The van der Waals surface area contributed by atoms with Crippen molar-refractivity contribution in [2.75, 3.05) is 46.6 Å². The fourth-order valence-corrected chi connectivity index (χ4v) is 1.95. The van der Waals surface area contributed by atoms with E-state index in [1.54, 1.807) is 25.3 Å². The fourth-order valence-electron chi connectivity index (χ4n) is 1.95. The zero-order valence-corrected chi connectivity index (χ0v) is 12.8. The first kappa shape index (κ1) is 16.3. The molecule has 0 atom stereocenters. The summed E-state index contributed by atoms with van der Waals surface area (Å²) >= 11 is 0. The van der Waals surface area contributed by atoms with Gasteiger partial charge in [-0.25, -0.2) is 0 Å². The van der Waals surface area contributed by atoms with Gasteiger partial charge in [0.25, 0.3) is 5.91 Å². The molecule has 0 bridgehead atoms. The molecule has 5 nitrogen and oxygen atoms in total. The van der Waals surface area contributed by atoms with Gasteiger partial charge in [-0.3, -0.25) is 4.79 Å². The van der Waals surface area contributed by atoms with E-state index in [4.69, 9.17) is 10.5 Å². The Morgan fingerprint density at radius 2 is 1.90 bits per heavy atom. The molecule has 0 aromatic heterocycles. The zero-order chi connectivity index (χ0) is 15.1. The van der Waals surface area contributed by atoms with Crippen LogP contribution in [0.5, 0.6) is 5.75 Å². The summed E-state index contributed by atoms with van der Waals surface area (Å²) in [5.41, 5.74) is 6.93. The number of benzene rings is 1. The van der Waals surface area contributed by atoms with E-state index in [0.717, 1.165) is 19.5 Å². The molecule has 0 aliphatic carbocycles. The Balaban J connectivity index is 2.90. The standard InChI is InChI=1S/C15H25N3O2/c1-5-6-18(8-7-17(2)3)15(19)12-9-13(16)11-14(10-12)20-4/h9-11H,5-8,16H2,1-4H3. The molecule has 112 valence electrons. The van der Waals surface area contributed by atoms with Gasteiger partial charge >= 0.3 is 0 Å². The molecule has 20 heavy (non-hydrogen) atoms. The van der Waals surface area contributed by atoms with Gasteiger partial charge in [-0.15, -0.1) is 0 Å². The maximum Gasteiger partial charge on any atom is 0.254 e. The molecule has 0 spiro atoms. The number of likely N-dealkylation sites (N-methyl/N-ethyl adjacent to an activating group) is 1. The SMILES string of the molecule is CCCN(CCN(C)C)C(=O)c1cc(N)cc(OC)c1. The third kappa shape index (κ3) is 4.74. The van der Waals surface area contributed by atoms with Gasteiger partial charge in [0.2, 0.25) is 0 Å². The highest BCUT2D eigenvalue weighted by molar-refractivity contribution is 5.95. The van der Waals surface area contributed by atoms with Gasteiger partial charge in [0, 0.05) is 37.0 Å². The van der Waals surface area contributed by atoms with Crippen molar-refractivity contribution in [1.82, 2.24) is 9.80 Å². The number of hydrogen-bond donors (Lipinski definition) is 1. The minimum absolute atomic E-state index is 0.000648. The summed E-state index contributed by atoms with van der Waals surface area (Å²) in [6.07, 6.45) is 0.929. The molecule has 0 fully saturated rings. The molecule has 1 amide bonds. The van der Waals surface area contributed by atoms with Crippen molar-refractivity contribution in [1.29, 1.82) is 0 Å². The average molecular weight is 279 g/mol. The van der Waals surface area contributed by atoms with Gasteiger partial charge in [-0.1, -0.05) is 6.92 Å². The number of methoxy groups -OCH3 is 1. The second kappa shape index (κ2) is 7.75. The molecule has 5 heteroatoms. The molecular formula is C15H25N3O2. The van der Waals surface area contributed by atoms with E-state index in [-0.39, 0.29) is 5.91 Å². The summed E-state index contributed by atoms with van der Waals surface area (Å²) < 4.78 is 5.16. The van der Waals surface area contributed by atoms with Crippen LogP contribution in [0.25, 0.3) is 0 Å². The number of nitrogens with zero attached hydrogens (tertiary/aromatic N) is 2. The summed E-state index contributed by atoms with van der Waals surface area (Å²) in [4.78, 5) is 16.5. The average Bonchev–Trinajstić information content (AvgIpc) is 2.41. The van der Waals surface area contributed by atoms with E-state index in [9.17, 15) is 4.79 Å². The Hall–Kier alpha value is -1.75. The molecule has 1 aromatic rings. The quantitative estimate of drug-likeness (QED) is 0.772. The number of carbonyl (C=O) groups is 1. The van der Waals surface area contributed by atoms with Crippen molar-refractivity contribution in [3.8, 4) is 5.75 Å². The smallest absolute Gasteiger partial charge is 0.254 e. The number of anilines is 1. The zero-order valence-electron chi connectivity index (χ0n) is 12.8. The third-order valence-electron chi connectivity index (χ3n) is 3.01. The maximum absolute atomic E-state index is 12.6. The number of ether oxygens (including phenoxy) is 1. The van der Waals surface area contributed by atoms with Crippen LogP contribution in [0, 0.1) is 0 Å². The summed E-state index contributed by atoms with van der Waals surface area (Å²) in [6.45, 7) is 4.35. The number of nitrogen functional groups attached to an aromatic ring is 1. The lowest BCUT2D eigenvalue weighted by Crippen LogP contribution is -2.37. The minimum Gasteiger partial charge on any atom is -0.497 e. The molecule has 0 unspecified atom stereocenters. The Bertz CT molecular complexity index is 447. The summed E-state index contributed by atoms with van der Waals surface area (Å²) in [5.74, 6) is 0.608. The first-order valence-electron chi connectivity index (χ1n) is 6.86. The second-order valence-electron chi connectivity index (χ2n) is 5.09. The molecule has 1 aromatic carbocycles. The van der Waals surface area contributed by atoms with Crippen molar-refractivity contribution in [2.24, 2.45) is 0 Å². The van der Waals surface area contributed by atoms with Crippen molar-refractivity contribution in [3.05, 3.63) is 23.8 Å². The van der Waals surface area contributed by atoms with Gasteiger partial charge < -0.3 is 20.3 Å². The van der Waals surface area contributed by atoms with Gasteiger partial charge in [0.15, 0.2) is 0 Å². The normalized spacial score (nSPS) is 10.7. The summed E-state index contributed by atoms with van der Waals surface area (Å²) in [6, 6.07) is 5.14. The van der Waals surface area contributed by atoms with Crippen LogP contribution in [0.15, 0.2) is 18.2 Å². The lowest BCUT2D eigenvalue weighted by molar-refractivity contribution is 0.0744. The van der Waals surface area contributed by atoms with E-state index < -0.39 is 0 Å². The Labute approximate surface area is 121 Å². The largest absolute Gasteiger partial charge is 0.497 e. The Morgan fingerprint density at radius 1 is 1.20 bits per heavy atom. The molecule has 1 rings (SSSR count). The van der Waals surface area contributed by atoms with Crippen LogP contribution in [0.2, 0.25) is 0 Å². The van der Waals surface area contributed by atoms with Crippen molar-refractivity contribution >= 4 is 11.6 Å². The molecule has 0 aliphatic heterocycles. The topological polar surface area (TPSA) is 58.8 Å². The molecule has 0 heterocycles. The first-order valence-corrected chi connectivity index (χ1v) is 6.86. The van der Waals surface area contributed by atoms with E-state index in [1.165, 1.54) is 0 Å². The number of hydrogen-bond acceptors (Lipinski definition) is 4.